The van der Waals surface area contributed by atoms with Crippen LogP contribution in [0.2, 0.25) is 0 Å². The number of nitrogens with zero attached hydrogens (tertiary/aromatic N) is 3. The van der Waals surface area contributed by atoms with E-state index in [9.17, 15) is 0 Å². The quantitative estimate of drug-likeness (QED) is 0.809. The molecule has 4 nitrogen and oxygen atoms in total. The lowest BCUT2D eigenvalue weighted by Gasteiger charge is -2.38. The largest absolute Gasteiger partial charge is 0.319 e. The second-order valence-corrected chi connectivity index (χ2v) is 4.72. The monoisotopic (exact) mass is 222 g/mol. The number of hydrogen-bond donors (Lipinski definition) is 1. The molecule has 1 N–H and O–H groups in total. The molecule has 0 saturated carbocycles. The van der Waals surface area contributed by atoms with Gasteiger partial charge >= 0.3 is 0 Å². The molecular formula is C12H22N4. The number of rotatable bonds is 5. The van der Waals surface area contributed by atoms with Crippen molar-refractivity contribution in [1.82, 2.24) is 20.0 Å². The molecule has 1 saturated heterocycles. The maximum Gasteiger partial charge on any atom is 0.0772 e. The average Bonchev–Trinajstić information content (AvgIpc) is 2.66. The summed E-state index contributed by atoms with van der Waals surface area (Å²) in [7, 11) is 1.99. The Labute approximate surface area is 97.6 Å². The average molecular weight is 222 g/mol. The van der Waals surface area contributed by atoms with Crippen LogP contribution in [-0.2, 0) is 0 Å². The van der Waals surface area contributed by atoms with Crippen molar-refractivity contribution >= 4 is 0 Å². The van der Waals surface area contributed by atoms with Crippen molar-refractivity contribution in [1.29, 1.82) is 0 Å². The number of likely N-dealkylation sites (tertiary alicyclic amines) is 1. The number of likely N-dealkylation sites (N-methyl/N-ethyl adjacent to an activating group) is 2. The van der Waals surface area contributed by atoms with Crippen molar-refractivity contribution in [3.8, 4) is 0 Å². The maximum absolute atomic E-state index is 4.47. The minimum atomic E-state index is 0.543. The highest BCUT2D eigenvalue weighted by Crippen LogP contribution is 2.22. The molecule has 2 rings (SSSR count). The van der Waals surface area contributed by atoms with Crippen LogP contribution < -0.4 is 5.32 Å². The Bertz CT molecular complexity index is 328. The first-order chi connectivity index (χ1) is 7.74. The highest BCUT2D eigenvalue weighted by Gasteiger charge is 2.27. The van der Waals surface area contributed by atoms with E-state index in [0.717, 1.165) is 26.2 Å². The molecule has 1 aromatic rings. The lowest BCUT2D eigenvalue weighted by molar-refractivity contribution is 0.105. The van der Waals surface area contributed by atoms with Crippen LogP contribution in [0.5, 0.6) is 0 Å². The fraction of sp³-hybridized carbons (Fsp3) is 0.750. The fourth-order valence-electron chi connectivity index (χ4n) is 2.20. The summed E-state index contributed by atoms with van der Waals surface area (Å²) in [5.41, 5.74) is 1.34. The fourth-order valence-corrected chi connectivity index (χ4v) is 2.20. The van der Waals surface area contributed by atoms with Crippen molar-refractivity contribution in [2.75, 3.05) is 33.2 Å². The van der Waals surface area contributed by atoms with Gasteiger partial charge < -0.3 is 5.32 Å². The van der Waals surface area contributed by atoms with Gasteiger partial charge in [-0.25, -0.2) is 0 Å². The summed E-state index contributed by atoms with van der Waals surface area (Å²) in [6.45, 7) is 8.91. The van der Waals surface area contributed by atoms with Gasteiger partial charge in [0.1, 0.15) is 0 Å². The summed E-state index contributed by atoms with van der Waals surface area (Å²) in [6, 6.07) is 0.593. The summed E-state index contributed by atoms with van der Waals surface area (Å²) >= 11 is 0. The molecule has 90 valence electrons. The molecule has 1 aliphatic rings. The summed E-state index contributed by atoms with van der Waals surface area (Å²) in [6.07, 6.45) is 4.22. The van der Waals surface area contributed by atoms with Gasteiger partial charge in [0.15, 0.2) is 0 Å². The Morgan fingerprint density at radius 3 is 2.94 bits per heavy atom. The Hall–Kier alpha value is -0.870. The van der Waals surface area contributed by atoms with Crippen molar-refractivity contribution in [2.24, 2.45) is 0 Å². The molecule has 16 heavy (non-hydrogen) atoms. The predicted octanol–water partition coefficient (Wildman–Crippen LogP) is 1.08. The lowest BCUT2D eigenvalue weighted by atomic mass is 10.1. The molecule has 0 spiro atoms. The smallest absolute Gasteiger partial charge is 0.0772 e. The second-order valence-electron chi connectivity index (χ2n) is 4.72. The van der Waals surface area contributed by atoms with Crippen LogP contribution in [0.3, 0.4) is 0 Å². The first kappa shape index (κ1) is 11.6. The number of hydrogen-bond acceptors (Lipinski definition) is 3. The Kier molecular flexibility index (Phi) is 3.61. The third kappa shape index (κ3) is 2.28. The van der Waals surface area contributed by atoms with Crippen LogP contribution >= 0.6 is 0 Å². The zero-order valence-electron chi connectivity index (χ0n) is 10.5. The van der Waals surface area contributed by atoms with E-state index < -0.39 is 0 Å². The van der Waals surface area contributed by atoms with E-state index in [1.54, 1.807) is 0 Å². The van der Waals surface area contributed by atoms with Gasteiger partial charge in [0.2, 0.25) is 0 Å². The number of nitrogens with one attached hydrogen (secondary N) is 1. The topological polar surface area (TPSA) is 33.1 Å². The van der Waals surface area contributed by atoms with Crippen molar-refractivity contribution in [2.45, 2.75) is 25.8 Å². The van der Waals surface area contributed by atoms with Crippen LogP contribution in [-0.4, -0.2) is 47.9 Å². The molecule has 0 bridgehead atoms. The van der Waals surface area contributed by atoms with Crippen LogP contribution in [0.4, 0.5) is 0 Å². The van der Waals surface area contributed by atoms with E-state index in [4.69, 9.17) is 0 Å². The van der Waals surface area contributed by atoms with Crippen LogP contribution in [0.15, 0.2) is 12.4 Å². The SMILES string of the molecule is CCN1CC(n2cc(C(C)CNC)cn2)C1. The summed E-state index contributed by atoms with van der Waals surface area (Å²) in [5.74, 6) is 0.543. The van der Waals surface area contributed by atoms with E-state index in [2.05, 4.69) is 40.0 Å². The highest BCUT2D eigenvalue weighted by molar-refractivity contribution is 5.11. The van der Waals surface area contributed by atoms with E-state index in [1.807, 2.05) is 13.2 Å². The van der Waals surface area contributed by atoms with Gasteiger partial charge in [0, 0.05) is 25.8 Å². The second kappa shape index (κ2) is 4.97. The maximum atomic E-state index is 4.47. The third-order valence-electron chi connectivity index (χ3n) is 3.46. The zero-order valence-corrected chi connectivity index (χ0v) is 10.5. The van der Waals surface area contributed by atoms with Crippen molar-refractivity contribution < 1.29 is 0 Å². The molecule has 0 aromatic carbocycles. The predicted molar refractivity (Wildman–Crippen MR) is 65.7 cm³/mol. The Morgan fingerprint density at radius 1 is 1.56 bits per heavy atom. The molecule has 0 radical (unpaired) electrons. The van der Waals surface area contributed by atoms with Gasteiger partial charge in [-0.15, -0.1) is 0 Å². The molecule has 4 heteroatoms. The van der Waals surface area contributed by atoms with E-state index in [0.29, 0.717) is 12.0 Å². The van der Waals surface area contributed by atoms with Gasteiger partial charge in [-0.3, -0.25) is 9.58 Å². The first-order valence-corrected chi connectivity index (χ1v) is 6.15. The summed E-state index contributed by atoms with van der Waals surface area (Å²) in [4.78, 5) is 2.43. The molecule has 1 unspecified atom stereocenters. The molecule has 1 aromatic heterocycles. The molecule has 0 aliphatic carbocycles. The summed E-state index contributed by atoms with van der Waals surface area (Å²) < 4.78 is 2.13. The molecule has 1 atom stereocenters. The molecule has 0 amide bonds. The van der Waals surface area contributed by atoms with Crippen LogP contribution in [0.1, 0.15) is 31.4 Å². The van der Waals surface area contributed by atoms with Gasteiger partial charge in [-0.05, 0) is 25.1 Å². The van der Waals surface area contributed by atoms with Gasteiger partial charge in [0.25, 0.3) is 0 Å². The zero-order chi connectivity index (χ0) is 11.5. The Morgan fingerprint density at radius 2 is 2.31 bits per heavy atom. The first-order valence-electron chi connectivity index (χ1n) is 6.15. The highest BCUT2D eigenvalue weighted by atomic mass is 15.4. The molecular weight excluding hydrogens is 200 g/mol. The molecule has 1 aliphatic heterocycles. The molecule has 1 fully saturated rings. The van der Waals surface area contributed by atoms with E-state index in [1.165, 1.54) is 5.56 Å². The lowest BCUT2D eigenvalue weighted by Crippen LogP contribution is -2.47. The van der Waals surface area contributed by atoms with E-state index in [-0.39, 0.29) is 0 Å². The third-order valence-corrected chi connectivity index (χ3v) is 3.46. The summed E-state index contributed by atoms with van der Waals surface area (Å²) in [5, 5.41) is 7.68. The van der Waals surface area contributed by atoms with Crippen LogP contribution in [0, 0.1) is 0 Å². The number of aromatic nitrogens is 2. The van der Waals surface area contributed by atoms with Gasteiger partial charge in [-0.2, -0.15) is 5.10 Å². The normalized spacial score (nSPS) is 19.7. The minimum absolute atomic E-state index is 0.543. The van der Waals surface area contributed by atoms with Crippen molar-refractivity contribution in [3.63, 3.8) is 0 Å². The standard InChI is InChI=1S/C12H22N4/c1-4-15-8-12(9-15)16-7-11(6-14-16)10(2)5-13-3/h6-7,10,12-13H,4-5,8-9H2,1-3H3. The minimum Gasteiger partial charge on any atom is -0.319 e. The van der Waals surface area contributed by atoms with Gasteiger partial charge in [-0.1, -0.05) is 13.8 Å². The van der Waals surface area contributed by atoms with E-state index >= 15 is 0 Å². The molecule has 2 heterocycles. The van der Waals surface area contributed by atoms with Crippen LogP contribution in [0.25, 0.3) is 0 Å². The van der Waals surface area contributed by atoms with Crippen molar-refractivity contribution in [3.05, 3.63) is 18.0 Å². The Balaban J connectivity index is 1.93. The van der Waals surface area contributed by atoms with Gasteiger partial charge in [0.05, 0.1) is 12.2 Å².